The lowest BCUT2D eigenvalue weighted by atomic mass is 10.1. The van der Waals surface area contributed by atoms with E-state index < -0.39 is 12.0 Å². The molecule has 0 spiro atoms. The van der Waals surface area contributed by atoms with E-state index >= 15 is 0 Å². The van der Waals surface area contributed by atoms with Gasteiger partial charge in [0.05, 0.1) is 12.0 Å². The van der Waals surface area contributed by atoms with Crippen LogP contribution >= 0.6 is 0 Å². The molecule has 1 aliphatic heterocycles. The van der Waals surface area contributed by atoms with Crippen LogP contribution in [0.25, 0.3) is 0 Å². The fraction of sp³-hybridized carbons (Fsp3) is 0.667. The number of aliphatic carboxylic acids is 1. The van der Waals surface area contributed by atoms with Crippen molar-refractivity contribution in [2.75, 3.05) is 32.7 Å². The first-order valence-electron chi connectivity index (χ1n) is 6.32. The average molecular weight is 252 g/mol. The number of aromatic nitrogens is 2. The maximum absolute atomic E-state index is 11.5. The van der Waals surface area contributed by atoms with Gasteiger partial charge < -0.3 is 15.0 Å². The van der Waals surface area contributed by atoms with Gasteiger partial charge in [0.2, 0.25) is 0 Å². The summed E-state index contributed by atoms with van der Waals surface area (Å²) in [7, 11) is 0. The lowest BCUT2D eigenvalue weighted by Crippen LogP contribution is -2.49. The van der Waals surface area contributed by atoms with E-state index in [1.807, 2.05) is 11.8 Å². The first-order valence-corrected chi connectivity index (χ1v) is 6.32. The molecule has 6 heteroatoms. The smallest absolute Gasteiger partial charge is 0.327 e. The minimum absolute atomic E-state index is 0.629. The molecule has 0 radical (unpaired) electrons. The normalized spacial score (nSPS) is 19.9. The molecule has 0 bridgehead atoms. The number of piperazine rings is 1. The number of carboxylic acid groups (broad SMARTS) is 1. The van der Waals surface area contributed by atoms with Gasteiger partial charge in [-0.2, -0.15) is 0 Å². The Hall–Kier alpha value is -1.40. The Bertz CT molecular complexity index is 410. The SMILES string of the molecule is CCN1CCN(C(C(=O)O)c2nc[nH]c2C)CC1. The van der Waals surface area contributed by atoms with Crippen LogP contribution in [0.3, 0.4) is 0 Å². The number of nitrogens with zero attached hydrogens (tertiary/aromatic N) is 3. The van der Waals surface area contributed by atoms with Gasteiger partial charge >= 0.3 is 5.97 Å². The lowest BCUT2D eigenvalue weighted by molar-refractivity contribution is -0.144. The summed E-state index contributed by atoms with van der Waals surface area (Å²) in [5, 5.41) is 9.44. The number of carbonyl (C=O) groups is 1. The Kier molecular flexibility index (Phi) is 3.98. The molecule has 1 aliphatic rings. The summed E-state index contributed by atoms with van der Waals surface area (Å²) in [6, 6.07) is -0.629. The van der Waals surface area contributed by atoms with Crippen molar-refractivity contribution < 1.29 is 9.90 Å². The number of aryl methyl sites for hydroxylation is 1. The van der Waals surface area contributed by atoms with Crippen LogP contribution in [0.15, 0.2) is 6.33 Å². The van der Waals surface area contributed by atoms with Gasteiger partial charge in [-0.1, -0.05) is 6.92 Å². The fourth-order valence-electron chi connectivity index (χ4n) is 2.43. The Morgan fingerprint density at radius 2 is 2.17 bits per heavy atom. The molecule has 6 nitrogen and oxygen atoms in total. The molecule has 1 fully saturated rings. The molecule has 0 aliphatic carbocycles. The molecule has 1 aromatic rings. The Labute approximate surface area is 107 Å². The van der Waals surface area contributed by atoms with E-state index in [9.17, 15) is 9.90 Å². The van der Waals surface area contributed by atoms with E-state index in [1.165, 1.54) is 0 Å². The summed E-state index contributed by atoms with van der Waals surface area (Å²) in [5.74, 6) is -0.824. The quantitative estimate of drug-likeness (QED) is 0.815. The summed E-state index contributed by atoms with van der Waals surface area (Å²) in [5.41, 5.74) is 1.47. The van der Waals surface area contributed by atoms with E-state index in [2.05, 4.69) is 21.8 Å². The predicted molar refractivity (Wildman–Crippen MR) is 67.4 cm³/mol. The second-order valence-corrected chi connectivity index (χ2v) is 4.62. The summed E-state index contributed by atoms with van der Waals surface area (Å²) in [4.78, 5) is 22.9. The third-order valence-corrected chi connectivity index (χ3v) is 3.58. The van der Waals surface area contributed by atoms with Crippen LogP contribution in [0, 0.1) is 6.92 Å². The minimum Gasteiger partial charge on any atom is -0.480 e. The summed E-state index contributed by atoms with van der Waals surface area (Å²) in [6.07, 6.45) is 1.56. The van der Waals surface area contributed by atoms with Crippen LogP contribution in [0.5, 0.6) is 0 Å². The number of carboxylic acids is 1. The zero-order valence-electron chi connectivity index (χ0n) is 10.9. The lowest BCUT2D eigenvalue weighted by Gasteiger charge is -2.36. The van der Waals surface area contributed by atoms with Gasteiger partial charge in [-0.25, -0.2) is 4.98 Å². The molecule has 0 aromatic carbocycles. The van der Waals surface area contributed by atoms with E-state index in [0.717, 1.165) is 38.4 Å². The molecule has 2 heterocycles. The molecule has 2 N–H and O–H groups in total. The standard InChI is InChI=1S/C12H20N4O2/c1-3-15-4-6-16(7-5-15)11(12(17)18)10-9(2)13-8-14-10/h8,11H,3-7H2,1-2H3,(H,13,14)(H,17,18). The third kappa shape index (κ3) is 2.54. The second kappa shape index (κ2) is 5.49. The average Bonchev–Trinajstić information content (AvgIpc) is 2.76. The molecule has 18 heavy (non-hydrogen) atoms. The molecule has 2 rings (SSSR count). The highest BCUT2D eigenvalue weighted by Gasteiger charge is 2.32. The molecule has 1 atom stereocenters. The van der Waals surface area contributed by atoms with E-state index in [-0.39, 0.29) is 0 Å². The van der Waals surface area contributed by atoms with Crippen LogP contribution in [0.2, 0.25) is 0 Å². The van der Waals surface area contributed by atoms with Crippen molar-refractivity contribution in [1.82, 2.24) is 19.8 Å². The van der Waals surface area contributed by atoms with Crippen LogP contribution < -0.4 is 0 Å². The van der Waals surface area contributed by atoms with Gasteiger partial charge in [0.15, 0.2) is 6.04 Å². The van der Waals surface area contributed by atoms with E-state index in [4.69, 9.17) is 0 Å². The molecule has 0 amide bonds. The molecule has 0 saturated carbocycles. The monoisotopic (exact) mass is 252 g/mol. The molecule has 100 valence electrons. The van der Waals surface area contributed by atoms with E-state index in [0.29, 0.717) is 5.69 Å². The molecule has 1 unspecified atom stereocenters. The zero-order chi connectivity index (χ0) is 13.1. The highest BCUT2D eigenvalue weighted by atomic mass is 16.4. The number of nitrogens with one attached hydrogen (secondary N) is 1. The van der Waals surface area contributed by atoms with Gasteiger partial charge in [0, 0.05) is 31.9 Å². The number of aromatic amines is 1. The predicted octanol–water partition coefficient (Wildman–Crippen LogP) is 0.481. The Balaban J connectivity index is 2.13. The van der Waals surface area contributed by atoms with Crippen LogP contribution in [0.1, 0.15) is 24.4 Å². The Morgan fingerprint density at radius 3 is 2.61 bits per heavy atom. The van der Waals surface area contributed by atoms with Crippen LogP contribution in [-0.2, 0) is 4.79 Å². The third-order valence-electron chi connectivity index (χ3n) is 3.58. The number of H-pyrrole nitrogens is 1. The van der Waals surface area contributed by atoms with Gasteiger partial charge in [-0.15, -0.1) is 0 Å². The van der Waals surface area contributed by atoms with Gasteiger partial charge in [-0.3, -0.25) is 9.69 Å². The van der Waals surface area contributed by atoms with Gasteiger partial charge in [-0.05, 0) is 13.5 Å². The maximum Gasteiger partial charge on any atom is 0.327 e. The first kappa shape index (κ1) is 13.0. The number of likely N-dealkylation sites (N-methyl/N-ethyl adjacent to an activating group) is 1. The van der Waals surface area contributed by atoms with Crippen molar-refractivity contribution >= 4 is 5.97 Å². The Morgan fingerprint density at radius 1 is 1.50 bits per heavy atom. The van der Waals surface area contributed by atoms with Crippen molar-refractivity contribution in [1.29, 1.82) is 0 Å². The van der Waals surface area contributed by atoms with Crippen molar-refractivity contribution in [2.45, 2.75) is 19.9 Å². The molecular formula is C12H20N4O2. The van der Waals surface area contributed by atoms with Gasteiger partial charge in [0.25, 0.3) is 0 Å². The number of imidazole rings is 1. The number of rotatable bonds is 4. The van der Waals surface area contributed by atoms with Crippen molar-refractivity contribution in [3.05, 3.63) is 17.7 Å². The molecule has 1 aromatic heterocycles. The van der Waals surface area contributed by atoms with Crippen molar-refractivity contribution in [2.24, 2.45) is 0 Å². The summed E-state index contributed by atoms with van der Waals surface area (Å²) >= 11 is 0. The van der Waals surface area contributed by atoms with Crippen molar-refractivity contribution in [3.8, 4) is 0 Å². The minimum atomic E-state index is -0.824. The highest BCUT2D eigenvalue weighted by molar-refractivity contribution is 5.75. The van der Waals surface area contributed by atoms with E-state index in [1.54, 1.807) is 6.33 Å². The van der Waals surface area contributed by atoms with Crippen LogP contribution in [-0.4, -0.2) is 63.6 Å². The molecule has 1 saturated heterocycles. The first-order chi connectivity index (χ1) is 8.63. The van der Waals surface area contributed by atoms with Crippen LogP contribution in [0.4, 0.5) is 0 Å². The summed E-state index contributed by atoms with van der Waals surface area (Å²) in [6.45, 7) is 8.40. The fourth-order valence-corrected chi connectivity index (χ4v) is 2.43. The summed E-state index contributed by atoms with van der Waals surface area (Å²) < 4.78 is 0. The topological polar surface area (TPSA) is 72.5 Å². The second-order valence-electron chi connectivity index (χ2n) is 4.62. The zero-order valence-corrected chi connectivity index (χ0v) is 10.9. The highest BCUT2D eigenvalue weighted by Crippen LogP contribution is 2.22. The van der Waals surface area contributed by atoms with Gasteiger partial charge in [0.1, 0.15) is 0 Å². The maximum atomic E-state index is 11.5. The molecular weight excluding hydrogens is 232 g/mol. The number of hydrogen-bond acceptors (Lipinski definition) is 4. The largest absolute Gasteiger partial charge is 0.480 e. The number of hydrogen-bond donors (Lipinski definition) is 2. The van der Waals surface area contributed by atoms with Crippen molar-refractivity contribution in [3.63, 3.8) is 0 Å².